The van der Waals surface area contributed by atoms with Gasteiger partial charge >= 0.3 is 6.36 Å². The first kappa shape index (κ1) is 25.8. The number of carbonyl (C=O) groups is 1. The zero-order chi connectivity index (χ0) is 22.3. The summed E-state index contributed by atoms with van der Waals surface area (Å²) in [5.41, 5.74) is 7.54. The molecule has 0 unspecified atom stereocenters. The van der Waals surface area contributed by atoms with Crippen LogP contribution in [0, 0.1) is 5.92 Å². The molecular weight excluding hydrogens is 536 g/mol. The van der Waals surface area contributed by atoms with Crippen molar-refractivity contribution in [1.29, 1.82) is 0 Å². The third-order valence-electron chi connectivity index (χ3n) is 5.08. The summed E-state index contributed by atoms with van der Waals surface area (Å²) < 4.78 is 40.4. The molecule has 0 bridgehead atoms. The monoisotopic (exact) mass is 562 g/mol. The van der Waals surface area contributed by atoms with Gasteiger partial charge in [-0.15, -0.1) is 37.1 Å². The second-order valence-electron chi connectivity index (χ2n) is 7.41. The maximum atomic E-state index is 12.4. The lowest BCUT2D eigenvalue weighted by atomic mass is 9.90. The van der Waals surface area contributed by atoms with Gasteiger partial charge in [0, 0.05) is 18.8 Å². The Morgan fingerprint density at radius 3 is 2.31 bits per heavy atom. The van der Waals surface area contributed by atoms with Gasteiger partial charge in [-0.05, 0) is 55.0 Å². The van der Waals surface area contributed by atoms with E-state index in [0.29, 0.717) is 24.7 Å². The Bertz CT molecular complexity index is 884. The minimum Gasteiger partial charge on any atom is -0.406 e. The lowest BCUT2D eigenvalue weighted by molar-refractivity contribution is -0.274. The molecule has 1 aliphatic heterocycles. The van der Waals surface area contributed by atoms with Crippen LogP contribution in [-0.2, 0) is 11.2 Å². The molecule has 1 fully saturated rings. The number of carbonyl (C=O) groups excluding carboxylic acids is 1. The predicted octanol–water partition coefficient (Wildman–Crippen LogP) is 4.41. The smallest absolute Gasteiger partial charge is 0.406 e. The molecule has 0 aromatic heterocycles. The summed E-state index contributed by atoms with van der Waals surface area (Å²) in [7, 11) is 0. The number of hydrogen-bond acceptors (Lipinski definition) is 3. The van der Waals surface area contributed by atoms with Gasteiger partial charge in [0.25, 0.3) is 0 Å². The van der Waals surface area contributed by atoms with Gasteiger partial charge in [0.05, 0.1) is 0 Å². The van der Waals surface area contributed by atoms with Crippen LogP contribution in [0.1, 0.15) is 18.4 Å². The number of nitrogens with one attached hydrogen (secondary N) is 1. The summed E-state index contributed by atoms with van der Waals surface area (Å²) in [5, 5.41) is 2.74. The number of amides is 1. The van der Waals surface area contributed by atoms with Crippen molar-refractivity contribution < 1.29 is 22.7 Å². The van der Waals surface area contributed by atoms with Gasteiger partial charge in [0.1, 0.15) is 12.3 Å². The molecule has 1 amide bonds. The van der Waals surface area contributed by atoms with Gasteiger partial charge in [-0.25, -0.2) is 4.99 Å². The first-order valence-corrected chi connectivity index (χ1v) is 10.0. The van der Waals surface area contributed by atoms with E-state index in [2.05, 4.69) is 27.2 Å². The van der Waals surface area contributed by atoms with Crippen LogP contribution in [0.3, 0.4) is 0 Å². The van der Waals surface area contributed by atoms with Crippen LogP contribution in [0.2, 0.25) is 0 Å². The van der Waals surface area contributed by atoms with Gasteiger partial charge < -0.3 is 20.7 Å². The summed E-state index contributed by atoms with van der Waals surface area (Å²) in [6, 6.07) is 15.4. The molecule has 0 atom stereocenters. The van der Waals surface area contributed by atoms with Crippen molar-refractivity contribution >= 4 is 41.5 Å². The van der Waals surface area contributed by atoms with Gasteiger partial charge in [-0.3, -0.25) is 4.79 Å². The number of aliphatic imine (C=N–C) groups is 1. The molecule has 1 aliphatic rings. The lowest BCUT2D eigenvalue weighted by Gasteiger charge is -2.31. The second-order valence-corrected chi connectivity index (χ2v) is 7.41. The van der Waals surface area contributed by atoms with Crippen molar-refractivity contribution in [1.82, 2.24) is 4.90 Å². The molecule has 1 saturated heterocycles. The third-order valence-corrected chi connectivity index (χ3v) is 5.08. The molecule has 0 radical (unpaired) electrons. The predicted molar refractivity (Wildman–Crippen MR) is 128 cm³/mol. The summed E-state index contributed by atoms with van der Waals surface area (Å²) in [6.45, 7) is 1.30. The molecule has 1 heterocycles. The number of anilines is 1. The summed E-state index contributed by atoms with van der Waals surface area (Å²) in [5.74, 6) is 0.138. The number of ether oxygens (including phenoxy) is 1. The number of hydrogen-bond donors (Lipinski definition) is 2. The highest BCUT2D eigenvalue weighted by Crippen LogP contribution is 2.24. The summed E-state index contributed by atoms with van der Waals surface area (Å²) in [4.78, 5) is 18.2. The van der Waals surface area contributed by atoms with Crippen molar-refractivity contribution in [2.75, 3.05) is 25.0 Å². The van der Waals surface area contributed by atoms with Gasteiger partial charge in [0.2, 0.25) is 5.91 Å². The zero-order valence-corrected chi connectivity index (χ0v) is 19.7. The molecule has 0 saturated carbocycles. The maximum Gasteiger partial charge on any atom is 0.573 e. The largest absolute Gasteiger partial charge is 0.573 e. The van der Waals surface area contributed by atoms with Crippen molar-refractivity contribution in [3.8, 4) is 5.75 Å². The van der Waals surface area contributed by atoms with Crippen molar-refractivity contribution in [2.24, 2.45) is 16.6 Å². The Hall–Kier alpha value is -2.50. The van der Waals surface area contributed by atoms with Crippen LogP contribution in [0.4, 0.5) is 18.9 Å². The number of likely N-dealkylation sites (tertiary alicyclic amines) is 1. The highest BCUT2D eigenvalue weighted by atomic mass is 127. The van der Waals surface area contributed by atoms with Crippen LogP contribution in [-0.4, -0.2) is 42.8 Å². The quantitative estimate of drug-likeness (QED) is 0.311. The van der Waals surface area contributed by atoms with Crippen LogP contribution in [0.5, 0.6) is 5.75 Å². The Balaban J connectivity index is 0.00000363. The SMILES string of the molecule is I.NC(=NCC(=O)N1CCC(Cc2ccccc2)CC1)Nc1ccc(OC(F)(F)F)cc1. The van der Waals surface area contributed by atoms with Crippen LogP contribution in [0.25, 0.3) is 0 Å². The average Bonchev–Trinajstić information content (AvgIpc) is 2.74. The highest BCUT2D eigenvalue weighted by Gasteiger charge is 2.31. The molecule has 0 aliphatic carbocycles. The topological polar surface area (TPSA) is 80.0 Å². The number of benzene rings is 2. The standard InChI is InChI=1S/C22H25F3N4O2.HI/c23-22(24,25)31-19-8-6-18(7-9-19)28-21(26)27-15-20(30)29-12-10-17(11-13-29)14-16-4-2-1-3-5-16;/h1-9,17H,10-15H2,(H3,26,27,28);1H. The van der Waals surface area contributed by atoms with Crippen molar-refractivity contribution in [3.05, 3.63) is 60.2 Å². The van der Waals surface area contributed by atoms with Crippen molar-refractivity contribution in [3.63, 3.8) is 0 Å². The molecule has 10 heteroatoms. The van der Waals surface area contributed by atoms with E-state index in [0.717, 1.165) is 31.4 Å². The molecule has 3 N–H and O–H groups in total. The van der Waals surface area contributed by atoms with Crippen LogP contribution < -0.4 is 15.8 Å². The first-order chi connectivity index (χ1) is 14.8. The fourth-order valence-corrected chi connectivity index (χ4v) is 3.51. The summed E-state index contributed by atoms with van der Waals surface area (Å²) >= 11 is 0. The van der Waals surface area contributed by atoms with E-state index in [1.807, 2.05) is 18.2 Å². The molecule has 3 rings (SSSR count). The Morgan fingerprint density at radius 2 is 1.72 bits per heavy atom. The number of piperidine rings is 1. The minimum absolute atomic E-state index is 0. The van der Waals surface area contributed by atoms with Gasteiger partial charge in [-0.2, -0.15) is 0 Å². The fraction of sp³-hybridized carbons (Fsp3) is 0.364. The van der Waals surface area contributed by atoms with E-state index in [9.17, 15) is 18.0 Å². The van der Waals surface area contributed by atoms with E-state index in [-0.39, 0.29) is 48.1 Å². The van der Waals surface area contributed by atoms with Gasteiger partial charge in [-0.1, -0.05) is 30.3 Å². The number of halogens is 4. The van der Waals surface area contributed by atoms with E-state index in [1.165, 1.54) is 17.7 Å². The van der Waals surface area contributed by atoms with Crippen LogP contribution >= 0.6 is 24.0 Å². The highest BCUT2D eigenvalue weighted by molar-refractivity contribution is 14.0. The Morgan fingerprint density at radius 1 is 1.09 bits per heavy atom. The first-order valence-electron chi connectivity index (χ1n) is 10.0. The molecule has 0 spiro atoms. The minimum atomic E-state index is -4.74. The number of nitrogens with zero attached hydrogens (tertiary/aromatic N) is 2. The van der Waals surface area contributed by atoms with E-state index in [4.69, 9.17) is 5.73 Å². The molecule has 2 aromatic rings. The van der Waals surface area contributed by atoms with Crippen LogP contribution in [0.15, 0.2) is 59.6 Å². The van der Waals surface area contributed by atoms with E-state index < -0.39 is 6.36 Å². The maximum absolute atomic E-state index is 12.4. The molecule has 2 aromatic carbocycles. The van der Waals surface area contributed by atoms with Crippen molar-refractivity contribution in [2.45, 2.75) is 25.6 Å². The normalized spacial score (nSPS) is 15.1. The third kappa shape index (κ3) is 8.56. The van der Waals surface area contributed by atoms with E-state index >= 15 is 0 Å². The number of nitrogens with two attached hydrogens (primary N) is 1. The van der Waals surface area contributed by atoms with E-state index in [1.54, 1.807) is 4.90 Å². The average molecular weight is 562 g/mol. The van der Waals surface area contributed by atoms with Gasteiger partial charge in [0.15, 0.2) is 5.96 Å². The lowest BCUT2D eigenvalue weighted by Crippen LogP contribution is -2.40. The molecule has 32 heavy (non-hydrogen) atoms. The molecular formula is C22H26F3IN4O2. The molecule has 174 valence electrons. The fourth-order valence-electron chi connectivity index (χ4n) is 3.51. The number of rotatable bonds is 6. The zero-order valence-electron chi connectivity index (χ0n) is 17.3. The summed E-state index contributed by atoms with van der Waals surface area (Å²) in [6.07, 6.45) is -1.83. The second kappa shape index (κ2) is 11.9. The Kier molecular flexibility index (Phi) is 9.60. The Labute approximate surface area is 202 Å². The molecule has 6 nitrogen and oxygen atoms in total. The number of guanidine groups is 1. The number of alkyl halides is 3.